The van der Waals surface area contributed by atoms with Crippen LogP contribution in [0.4, 0.5) is 0 Å². The number of fused-ring (bicyclic) bond motifs is 3. The molecule has 0 amide bonds. The number of carboxylic acid groups (broad SMARTS) is 1. The van der Waals surface area contributed by atoms with Gasteiger partial charge >= 0.3 is 11.9 Å². The average Bonchev–Trinajstić information content (AvgIpc) is 2.93. The van der Waals surface area contributed by atoms with Crippen LogP contribution in [-0.2, 0) is 14.3 Å². The lowest BCUT2D eigenvalue weighted by Gasteiger charge is -2.23. The Kier molecular flexibility index (Phi) is 4.57. The van der Waals surface area contributed by atoms with Crippen LogP contribution >= 0.6 is 0 Å². The second kappa shape index (κ2) is 6.66. The van der Waals surface area contributed by atoms with Crippen LogP contribution in [0.25, 0.3) is 11.1 Å². The minimum Gasteiger partial charge on any atom is -0.479 e. The third kappa shape index (κ3) is 2.90. The van der Waals surface area contributed by atoms with E-state index in [1.165, 1.54) is 0 Å². The molecule has 1 aliphatic carbocycles. The summed E-state index contributed by atoms with van der Waals surface area (Å²) in [6, 6.07) is 15.8. The molecule has 0 unspecified atom stereocenters. The summed E-state index contributed by atoms with van der Waals surface area (Å²) in [4.78, 5) is 23.7. The molecular formula is C19H20N2O4. The lowest BCUT2D eigenvalue weighted by atomic mass is 9.96. The van der Waals surface area contributed by atoms with Crippen molar-refractivity contribution in [3.8, 4) is 11.1 Å². The van der Waals surface area contributed by atoms with Crippen LogP contribution < -0.4 is 11.5 Å². The first kappa shape index (κ1) is 17.1. The van der Waals surface area contributed by atoms with Crippen molar-refractivity contribution in [2.75, 3.05) is 13.2 Å². The molecule has 1 aliphatic rings. The standard InChI is InChI=1S/C19H20N2O4/c20-10-9-19(21,17(22)23)18(24)25-11-16-14-7-3-1-5-12(14)13-6-2-4-8-15(13)16/h1-8,16H,9-11,20-21H2,(H,22,23)/t19-/m1/s1. The SMILES string of the molecule is NCC[C@@](N)(C(=O)O)C(=O)OCC1c2ccccc2-c2ccccc21. The van der Waals surface area contributed by atoms with Gasteiger partial charge in [0.15, 0.2) is 0 Å². The van der Waals surface area contributed by atoms with Gasteiger partial charge in [0.25, 0.3) is 0 Å². The third-order valence-electron chi connectivity index (χ3n) is 4.63. The lowest BCUT2D eigenvalue weighted by Crippen LogP contribution is -2.57. The molecule has 0 bridgehead atoms. The number of nitrogens with two attached hydrogens (primary N) is 2. The average molecular weight is 340 g/mol. The second-order valence-electron chi connectivity index (χ2n) is 6.14. The zero-order valence-electron chi connectivity index (χ0n) is 13.6. The van der Waals surface area contributed by atoms with Gasteiger partial charge in [-0.1, -0.05) is 48.5 Å². The predicted octanol–water partition coefficient (Wildman–Crippen LogP) is 1.47. The van der Waals surface area contributed by atoms with Gasteiger partial charge in [0.1, 0.15) is 6.61 Å². The molecule has 0 heterocycles. The molecule has 25 heavy (non-hydrogen) atoms. The summed E-state index contributed by atoms with van der Waals surface area (Å²) in [6.07, 6.45) is -0.182. The lowest BCUT2D eigenvalue weighted by molar-refractivity contribution is -0.161. The van der Waals surface area contributed by atoms with Gasteiger partial charge in [0, 0.05) is 5.92 Å². The predicted molar refractivity (Wildman–Crippen MR) is 92.9 cm³/mol. The highest BCUT2D eigenvalue weighted by molar-refractivity contribution is 6.03. The van der Waals surface area contributed by atoms with E-state index in [-0.39, 0.29) is 25.5 Å². The molecule has 0 saturated carbocycles. The molecule has 0 aliphatic heterocycles. The summed E-state index contributed by atoms with van der Waals surface area (Å²) in [5.74, 6) is -2.55. The van der Waals surface area contributed by atoms with Crippen LogP contribution in [-0.4, -0.2) is 35.7 Å². The Morgan fingerprint density at radius 3 is 2.04 bits per heavy atom. The molecule has 0 saturated heterocycles. The summed E-state index contributed by atoms with van der Waals surface area (Å²) < 4.78 is 5.32. The zero-order chi connectivity index (χ0) is 18.0. The van der Waals surface area contributed by atoms with Crippen LogP contribution in [0, 0.1) is 0 Å². The Bertz CT molecular complexity index is 775. The first-order valence-electron chi connectivity index (χ1n) is 8.07. The fourth-order valence-electron chi connectivity index (χ4n) is 3.25. The van der Waals surface area contributed by atoms with E-state index in [0.717, 1.165) is 22.3 Å². The summed E-state index contributed by atoms with van der Waals surface area (Å²) in [5.41, 5.74) is 13.3. The van der Waals surface area contributed by atoms with Crippen molar-refractivity contribution in [1.82, 2.24) is 0 Å². The molecule has 2 aromatic rings. The minimum atomic E-state index is -2.12. The van der Waals surface area contributed by atoms with Gasteiger partial charge < -0.3 is 21.3 Å². The number of aliphatic carboxylic acids is 1. The van der Waals surface area contributed by atoms with Crippen molar-refractivity contribution in [3.63, 3.8) is 0 Å². The maximum atomic E-state index is 12.3. The minimum absolute atomic E-state index is 0.0208. The van der Waals surface area contributed by atoms with Crippen molar-refractivity contribution in [2.45, 2.75) is 17.9 Å². The molecule has 0 fully saturated rings. The quantitative estimate of drug-likeness (QED) is 0.542. The normalized spacial score (nSPS) is 15.1. The highest BCUT2D eigenvalue weighted by Gasteiger charge is 2.44. The van der Waals surface area contributed by atoms with E-state index in [1.807, 2.05) is 48.5 Å². The highest BCUT2D eigenvalue weighted by Crippen LogP contribution is 2.44. The molecular weight excluding hydrogens is 320 g/mol. The molecule has 0 aromatic heterocycles. The van der Waals surface area contributed by atoms with Crippen molar-refractivity contribution in [2.24, 2.45) is 11.5 Å². The van der Waals surface area contributed by atoms with E-state index in [4.69, 9.17) is 16.2 Å². The zero-order valence-corrected chi connectivity index (χ0v) is 13.6. The van der Waals surface area contributed by atoms with Crippen molar-refractivity contribution >= 4 is 11.9 Å². The second-order valence-corrected chi connectivity index (χ2v) is 6.14. The van der Waals surface area contributed by atoms with E-state index in [1.54, 1.807) is 0 Å². The summed E-state index contributed by atoms with van der Waals surface area (Å²) in [7, 11) is 0. The molecule has 2 aromatic carbocycles. The molecule has 0 radical (unpaired) electrons. The molecule has 5 N–H and O–H groups in total. The Morgan fingerprint density at radius 1 is 1.04 bits per heavy atom. The fourth-order valence-corrected chi connectivity index (χ4v) is 3.25. The van der Waals surface area contributed by atoms with Crippen LogP contribution in [0.15, 0.2) is 48.5 Å². The number of hydrogen-bond donors (Lipinski definition) is 3. The van der Waals surface area contributed by atoms with E-state index < -0.39 is 17.5 Å². The number of esters is 1. The number of ether oxygens (including phenoxy) is 1. The van der Waals surface area contributed by atoms with Gasteiger partial charge in [0.2, 0.25) is 5.54 Å². The van der Waals surface area contributed by atoms with Gasteiger partial charge in [-0.2, -0.15) is 0 Å². The first-order valence-corrected chi connectivity index (χ1v) is 8.07. The third-order valence-corrected chi connectivity index (χ3v) is 4.63. The van der Waals surface area contributed by atoms with Gasteiger partial charge in [-0.05, 0) is 35.2 Å². The number of rotatable bonds is 6. The fraction of sp³-hybridized carbons (Fsp3) is 0.263. The number of carbonyl (C=O) groups is 2. The molecule has 130 valence electrons. The van der Waals surface area contributed by atoms with Gasteiger partial charge in [-0.3, -0.25) is 0 Å². The van der Waals surface area contributed by atoms with Crippen LogP contribution in [0.1, 0.15) is 23.5 Å². The molecule has 1 atom stereocenters. The monoisotopic (exact) mass is 340 g/mol. The Hall–Kier alpha value is -2.70. The number of benzene rings is 2. The summed E-state index contributed by atoms with van der Waals surface area (Å²) in [5, 5.41) is 9.26. The van der Waals surface area contributed by atoms with Crippen LogP contribution in [0.3, 0.4) is 0 Å². The highest BCUT2D eigenvalue weighted by atomic mass is 16.5. The maximum Gasteiger partial charge on any atom is 0.337 e. The smallest absolute Gasteiger partial charge is 0.337 e. The van der Waals surface area contributed by atoms with Crippen molar-refractivity contribution < 1.29 is 19.4 Å². The van der Waals surface area contributed by atoms with Crippen molar-refractivity contribution in [3.05, 3.63) is 59.7 Å². The van der Waals surface area contributed by atoms with Crippen LogP contribution in [0.2, 0.25) is 0 Å². The molecule has 6 nitrogen and oxygen atoms in total. The topological polar surface area (TPSA) is 116 Å². The number of hydrogen-bond acceptors (Lipinski definition) is 5. The summed E-state index contributed by atoms with van der Waals surface area (Å²) in [6.45, 7) is 0.0106. The largest absolute Gasteiger partial charge is 0.479 e. The molecule has 0 spiro atoms. The van der Waals surface area contributed by atoms with Gasteiger partial charge in [-0.15, -0.1) is 0 Å². The van der Waals surface area contributed by atoms with Crippen LogP contribution in [0.5, 0.6) is 0 Å². The van der Waals surface area contributed by atoms with E-state index >= 15 is 0 Å². The summed E-state index contributed by atoms with van der Waals surface area (Å²) >= 11 is 0. The maximum absolute atomic E-state index is 12.3. The van der Waals surface area contributed by atoms with E-state index in [0.29, 0.717) is 0 Å². The van der Waals surface area contributed by atoms with Crippen molar-refractivity contribution in [1.29, 1.82) is 0 Å². The molecule has 3 rings (SSSR count). The first-order chi connectivity index (χ1) is 12.0. The van der Waals surface area contributed by atoms with Gasteiger partial charge in [0.05, 0.1) is 0 Å². The van der Waals surface area contributed by atoms with Gasteiger partial charge in [-0.25, -0.2) is 9.59 Å². The Balaban J connectivity index is 1.84. The molecule has 6 heteroatoms. The van der Waals surface area contributed by atoms with E-state index in [2.05, 4.69) is 0 Å². The number of carbonyl (C=O) groups excluding carboxylic acids is 1. The Morgan fingerprint density at radius 2 is 1.56 bits per heavy atom. The Labute approximate surface area is 145 Å². The van der Waals surface area contributed by atoms with E-state index in [9.17, 15) is 14.7 Å². The number of carboxylic acids is 1.